The van der Waals surface area contributed by atoms with Gasteiger partial charge in [0.1, 0.15) is 6.04 Å². The topological polar surface area (TPSA) is 88.1 Å². The first kappa shape index (κ1) is 15.5. The van der Waals surface area contributed by atoms with Gasteiger partial charge in [-0.25, -0.2) is 0 Å². The maximum absolute atomic E-state index is 12.9. The second kappa shape index (κ2) is 5.65. The molecule has 1 amide bonds. The quantitative estimate of drug-likeness (QED) is 0.871. The summed E-state index contributed by atoms with van der Waals surface area (Å²) in [6, 6.07) is 3.23. The molecule has 2 aliphatic rings. The smallest absolute Gasteiger partial charge is 0.480 e. The van der Waals surface area contributed by atoms with E-state index in [1.807, 2.05) is 0 Å². The SMILES string of the molecule is O=C(CN1CCC[C@H]1C(=O)O)Nc1ccc2c(c1)OC(F)(F)O2. The van der Waals surface area contributed by atoms with E-state index in [1.54, 1.807) is 4.90 Å². The number of amides is 1. The van der Waals surface area contributed by atoms with Crippen molar-refractivity contribution in [3.05, 3.63) is 18.2 Å². The van der Waals surface area contributed by atoms with Crippen LogP contribution in [0, 0.1) is 0 Å². The summed E-state index contributed by atoms with van der Waals surface area (Å²) in [5.41, 5.74) is 0.265. The van der Waals surface area contributed by atoms with Crippen LogP contribution in [0.15, 0.2) is 18.2 Å². The number of hydrogen-bond acceptors (Lipinski definition) is 5. The Morgan fingerprint density at radius 2 is 2.09 bits per heavy atom. The third-order valence-corrected chi connectivity index (χ3v) is 3.68. The highest BCUT2D eigenvalue weighted by Gasteiger charge is 2.43. The van der Waals surface area contributed by atoms with Crippen molar-refractivity contribution in [2.75, 3.05) is 18.4 Å². The van der Waals surface area contributed by atoms with Crippen molar-refractivity contribution in [3.8, 4) is 11.5 Å². The number of halogens is 2. The van der Waals surface area contributed by atoms with Crippen molar-refractivity contribution in [2.45, 2.75) is 25.2 Å². The highest BCUT2D eigenvalue weighted by molar-refractivity contribution is 5.93. The van der Waals surface area contributed by atoms with Crippen LogP contribution in [-0.2, 0) is 9.59 Å². The second-order valence-corrected chi connectivity index (χ2v) is 5.34. The number of hydrogen-bond donors (Lipinski definition) is 2. The predicted molar refractivity (Wildman–Crippen MR) is 73.5 cm³/mol. The maximum atomic E-state index is 12.9. The molecule has 2 aliphatic heterocycles. The van der Waals surface area contributed by atoms with Gasteiger partial charge in [0, 0.05) is 11.8 Å². The first-order chi connectivity index (χ1) is 10.8. The Balaban J connectivity index is 1.62. The predicted octanol–water partition coefficient (Wildman–Crippen LogP) is 1.50. The van der Waals surface area contributed by atoms with Crippen molar-refractivity contribution < 1.29 is 33.0 Å². The van der Waals surface area contributed by atoms with Gasteiger partial charge in [-0.1, -0.05) is 0 Å². The van der Waals surface area contributed by atoms with E-state index in [1.165, 1.54) is 18.2 Å². The number of aliphatic carboxylic acids is 1. The van der Waals surface area contributed by atoms with Gasteiger partial charge in [0.2, 0.25) is 5.91 Å². The fourth-order valence-electron chi connectivity index (χ4n) is 2.71. The molecule has 0 saturated carbocycles. The molecule has 0 bridgehead atoms. The minimum Gasteiger partial charge on any atom is -0.480 e. The van der Waals surface area contributed by atoms with Crippen LogP contribution in [0.25, 0.3) is 0 Å². The van der Waals surface area contributed by atoms with Gasteiger partial charge >= 0.3 is 12.3 Å². The lowest BCUT2D eigenvalue weighted by atomic mass is 10.2. The molecule has 9 heteroatoms. The number of carbonyl (C=O) groups excluding carboxylic acids is 1. The number of benzene rings is 1. The summed E-state index contributed by atoms with van der Waals surface area (Å²) in [5, 5.41) is 11.6. The molecular weight excluding hydrogens is 314 g/mol. The monoisotopic (exact) mass is 328 g/mol. The van der Waals surface area contributed by atoms with E-state index >= 15 is 0 Å². The molecule has 0 spiro atoms. The number of ether oxygens (including phenoxy) is 2. The number of anilines is 1. The van der Waals surface area contributed by atoms with E-state index in [-0.39, 0.29) is 23.7 Å². The van der Waals surface area contributed by atoms with E-state index in [0.29, 0.717) is 19.4 Å². The second-order valence-electron chi connectivity index (χ2n) is 5.34. The molecule has 2 N–H and O–H groups in total. The molecule has 0 aliphatic carbocycles. The fraction of sp³-hybridized carbons (Fsp3) is 0.429. The van der Waals surface area contributed by atoms with Crippen LogP contribution in [0.3, 0.4) is 0 Å². The molecule has 0 aromatic heterocycles. The summed E-state index contributed by atoms with van der Waals surface area (Å²) in [7, 11) is 0. The van der Waals surface area contributed by atoms with Gasteiger partial charge < -0.3 is 19.9 Å². The van der Waals surface area contributed by atoms with E-state index in [4.69, 9.17) is 5.11 Å². The molecule has 23 heavy (non-hydrogen) atoms. The summed E-state index contributed by atoms with van der Waals surface area (Å²) in [5.74, 6) is -1.67. The minimum absolute atomic E-state index is 0.0818. The number of nitrogens with zero attached hydrogens (tertiary/aromatic N) is 1. The molecule has 0 radical (unpaired) electrons. The largest absolute Gasteiger partial charge is 0.586 e. The summed E-state index contributed by atoms with van der Waals surface area (Å²) >= 11 is 0. The number of alkyl halides is 2. The Morgan fingerprint density at radius 3 is 2.83 bits per heavy atom. The first-order valence-corrected chi connectivity index (χ1v) is 7.01. The molecule has 1 aromatic carbocycles. The van der Waals surface area contributed by atoms with Gasteiger partial charge in [-0.2, -0.15) is 0 Å². The van der Waals surface area contributed by atoms with Crippen LogP contribution >= 0.6 is 0 Å². The van der Waals surface area contributed by atoms with Gasteiger partial charge in [0.05, 0.1) is 6.54 Å². The zero-order valence-electron chi connectivity index (χ0n) is 11.9. The molecule has 3 rings (SSSR count). The summed E-state index contributed by atoms with van der Waals surface area (Å²) in [4.78, 5) is 24.6. The van der Waals surface area contributed by atoms with Crippen LogP contribution < -0.4 is 14.8 Å². The third kappa shape index (κ3) is 3.34. The Bertz CT molecular complexity index is 652. The number of fused-ring (bicyclic) bond motifs is 1. The molecule has 124 valence electrons. The van der Waals surface area contributed by atoms with Crippen molar-refractivity contribution in [2.24, 2.45) is 0 Å². The number of likely N-dealkylation sites (tertiary alicyclic amines) is 1. The zero-order chi connectivity index (χ0) is 16.6. The number of carboxylic acids is 1. The van der Waals surface area contributed by atoms with Crippen molar-refractivity contribution in [3.63, 3.8) is 0 Å². The molecule has 1 saturated heterocycles. The minimum atomic E-state index is -3.71. The molecule has 1 atom stereocenters. The molecule has 1 aromatic rings. The number of carbonyl (C=O) groups is 2. The van der Waals surface area contributed by atoms with E-state index < -0.39 is 24.2 Å². The highest BCUT2D eigenvalue weighted by Crippen LogP contribution is 2.42. The number of rotatable bonds is 4. The molecule has 0 unspecified atom stereocenters. The fourth-order valence-corrected chi connectivity index (χ4v) is 2.71. The standard InChI is InChI=1S/C14H14F2N2O5/c15-14(16)22-10-4-3-8(6-11(10)23-14)17-12(19)7-18-5-1-2-9(18)13(20)21/h3-4,6,9H,1-2,5,7H2,(H,17,19)(H,20,21)/t9-/m0/s1. The van der Waals surface area contributed by atoms with Crippen LogP contribution in [0.4, 0.5) is 14.5 Å². The average molecular weight is 328 g/mol. The van der Waals surface area contributed by atoms with E-state index in [0.717, 1.165) is 0 Å². The van der Waals surface area contributed by atoms with Gasteiger partial charge in [0.15, 0.2) is 11.5 Å². The Kier molecular flexibility index (Phi) is 3.80. The van der Waals surface area contributed by atoms with Crippen LogP contribution in [-0.4, -0.2) is 47.3 Å². The Labute approximate surface area is 129 Å². The van der Waals surface area contributed by atoms with Gasteiger partial charge in [0.25, 0.3) is 0 Å². The molecule has 7 nitrogen and oxygen atoms in total. The van der Waals surface area contributed by atoms with Gasteiger partial charge in [-0.3, -0.25) is 14.5 Å². The number of carboxylic acid groups (broad SMARTS) is 1. The molecular formula is C14H14F2N2O5. The van der Waals surface area contributed by atoms with E-state index in [2.05, 4.69) is 14.8 Å². The van der Waals surface area contributed by atoms with Gasteiger partial charge in [-0.05, 0) is 31.5 Å². The molecule has 2 heterocycles. The van der Waals surface area contributed by atoms with E-state index in [9.17, 15) is 18.4 Å². The maximum Gasteiger partial charge on any atom is 0.586 e. The lowest BCUT2D eigenvalue weighted by Gasteiger charge is -2.20. The third-order valence-electron chi connectivity index (χ3n) is 3.68. The average Bonchev–Trinajstić information content (AvgIpc) is 3.00. The first-order valence-electron chi connectivity index (χ1n) is 7.01. The normalized spacial score (nSPS) is 22.1. The van der Waals surface area contributed by atoms with Gasteiger partial charge in [-0.15, -0.1) is 8.78 Å². The van der Waals surface area contributed by atoms with Crippen molar-refractivity contribution >= 4 is 17.6 Å². The highest BCUT2D eigenvalue weighted by atomic mass is 19.3. The van der Waals surface area contributed by atoms with Crippen molar-refractivity contribution in [1.82, 2.24) is 4.90 Å². The lowest BCUT2D eigenvalue weighted by molar-refractivity contribution is -0.286. The lowest BCUT2D eigenvalue weighted by Crippen LogP contribution is -2.40. The van der Waals surface area contributed by atoms with Crippen LogP contribution in [0.2, 0.25) is 0 Å². The van der Waals surface area contributed by atoms with Crippen LogP contribution in [0.1, 0.15) is 12.8 Å². The Hall–Kier alpha value is -2.42. The van der Waals surface area contributed by atoms with Crippen LogP contribution in [0.5, 0.6) is 11.5 Å². The molecule has 1 fully saturated rings. The summed E-state index contributed by atoms with van der Waals surface area (Å²) in [6.45, 7) is 0.444. The Morgan fingerprint density at radius 1 is 1.35 bits per heavy atom. The van der Waals surface area contributed by atoms with Crippen molar-refractivity contribution in [1.29, 1.82) is 0 Å². The summed E-state index contributed by atoms with van der Waals surface area (Å²) in [6.07, 6.45) is -2.50. The zero-order valence-corrected chi connectivity index (χ0v) is 11.9. The summed E-state index contributed by atoms with van der Waals surface area (Å²) < 4.78 is 34.4. The number of nitrogens with one attached hydrogen (secondary N) is 1.